The van der Waals surface area contributed by atoms with E-state index in [1.165, 1.54) is 58.3 Å². The average molecular weight is 226 g/mol. The van der Waals surface area contributed by atoms with Gasteiger partial charge in [0.05, 0.1) is 0 Å². The summed E-state index contributed by atoms with van der Waals surface area (Å²) in [5.41, 5.74) is 0. The maximum Gasteiger partial charge on any atom is 0.0110 e. The summed E-state index contributed by atoms with van der Waals surface area (Å²) >= 11 is 0. The molecule has 0 radical (unpaired) electrons. The Morgan fingerprint density at radius 3 is 2.50 bits per heavy atom. The molecular formula is C14H30N2. The fourth-order valence-corrected chi connectivity index (χ4v) is 1.99. The van der Waals surface area contributed by atoms with E-state index in [4.69, 9.17) is 0 Å². The molecule has 1 saturated carbocycles. The quantitative estimate of drug-likeness (QED) is 0.576. The van der Waals surface area contributed by atoms with Crippen LogP contribution in [0, 0.1) is 5.92 Å². The zero-order chi connectivity index (χ0) is 11.8. The number of hydrogen-bond acceptors (Lipinski definition) is 2. The molecule has 0 unspecified atom stereocenters. The van der Waals surface area contributed by atoms with Gasteiger partial charge in [0.1, 0.15) is 0 Å². The lowest BCUT2D eigenvalue weighted by Crippen LogP contribution is -2.35. The Hall–Kier alpha value is -0.0800. The summed E-state index contributed by atoms with van der Waals surface area (Å²) in [5, 5.41) is 3.55. The second-order valence-electron chi connectivity index (χ2n) is 5.55. The molecule has 1 rings (SSSR count). The average Bonchev–Trinajstić information content (AvgIpc) is 3.05. The van der Waals surface area contributed by atoms with Crippen LogP contribution in [0.15, 0.2) is 0 Å². The lowest BCUT2D eigenvalue weighted by atomic mass is 10.1. The van der Waals surface area contributed by atoms with Crippen LogP contribution in [0.1, 0.15) is 52.9 Å². The van der Waals surface area contributed by atoms with E-state index in [1.54, 1.807) is 0 Å². The van der Waals surface area contributed by atoms with E-state index in [0.717, 1.165) is 12.0 Å². The Labute approximate surface area is 102 Å². The highest BCUT2D eigenvalue weighted by atomic mass is 15.2. The number of nitrogens with zero attached hydrogens (tertiary/aromatic N) is 1. The summed E-state index contributed by atoms with van der Waals surface area (Å²) in [4.78, 5) is 2.69. The van der Waals surface area contributed by atoms with Crippen LogP contribution >= 0.6 is 0 Å². The highest BCUT2D eigenvalue weighted by Crippen LogP contribution is 2.26. The lowest BCUT2D eigenvalue weighted by molar-refractivity contribution is 0.247. The van der Waals surface area contributed by atoms with Crippen molar-refractivity contribution in [1.29, 1.82) is 0 Å². The molecule has 1 aliphatic rings. The van der Waals surface area contributed by atoms with Crippen molar-refractivity contribution in [1.82, 2.24) is 10.2 Å². The summed E-state index contributed by atoms with van der Waals surface area (Å²) in [6, 6.07) is 0.923. The van der Waals surface area contributed by atoms with E-state index >= 15 is 0 Å². The summed E-state index contributed by atoms with van der Waals surface area (Å²) in [6.07, 6.45) is 6.84. The third kappa shape index (κ3) is 6.49. The molecule has 0 aromatic carbocycles. The minimum Gasteiger partial charge on any atom is -0.315 e. The zero-order valence-electron chi connectivity index (χ0n) is 11.5. The highest BCUT2D eigenvalue weighted by Gasteiger charge is 2.27. The first-order valence-electron chi connectivity index (χ1n) is 7.18. The Bertz CT molecular complexity index is 164. The Balaban J connectivity index is 2.04. The third-order valence-corrected chi connectivity index (χ3v) is 3.34. The minimum atomic E-state index is 0.842. The van der Waals surface area contributed by atoms with Gasteiger partial charge in [-0.05, 0) is 44.7 Å². The number of hydrogen-bond donors (Lipinski definition) is 1. The molecule has 2 nitrogen and oxygen atoms in total. The third-order valence-electron chi connectivity index (χ3n) is 3.34. The van der Waals surface area contributed by atoms with Crippen molar-refractivity contribution in [2.45, 2.75) is 58.9 Å². The Morgan fingerprint density at radius 1 is 1.19 bits per heavy atom. The van der Waals surface area contributed by atoms with Gasteiger partial charge in [-0.15, -0.1) is 0 Å². The predicted octanol–water partition coefficient (Wildman–Crippen LogP) is 2.89. The van der Waals surface area contributed by atoms with E-state index in [1.807, 2.05) is 0 Å². The summed E-state index contributed by atoms with van der Waals surface area (Å²) < 4.78 is 0. The molecule has 0 spiro atoms. The SMILES string of the molecule is CCCCNCCN(CCC(C)C)C1CC1. The van der Waals surface area contributed by atoms with E-state index < -0.39 is 0 Å². The monoisotopic (exact) mass is 226 g/mol. The molecule has 2 heteroatoms. The van der Waals surface area contributed by atoms with Crippen molar-refractivity contribution in [3.63, 3.8) is 0 Å². The lowest BCUT2D eigenvalue weighted by Gasteiger charge is -2.23. The smallest absolute Gasteiger partial charge is 0.0110 e. The van der Waals surface area contributed by atoms with Crippen LogP contribution < -0.4 is 5.32 Å². The van der Waals surface area contributed by atoms with E-state index in [-0.39, 0.29) is 0 Å². The fraction of sp³-hybridized carbons (Fsp3) is 1.00. The maximum atomic E-state index is 3.55. The molecule has 0 aromatic heterocycles. The van der Waals surface area contributed by atoms with Gasteiger partial charge >= 0.3 is 0 Å². The summed E-state index contributed by atoms with van der Waals surface area (Å²) in [5.74, 6) is 0.842. The van der Waals surface area contributed by atoms with Crippen LogP contribution in [0.5, 0.6) is 0 Å². The first-order chi connectivity index (χ1) is 7.74. The standard InChI is InChI=1S/C14H30N2/c1-4-5-9-15-10-12-16(14-6-7-14)11-8-13(2)3/h13-15H,4-12H2,1-3H3. The van der Waals surface area contributed by atoms with Gasteiger partial charge in [0, 0.05) is 19.1 Å². The highest BCUT2D eigenvalue weighted by molar-refractivity contribution is 4.84. The van der Waals surface area contributed by atoms with E-state index in [0.29, 0.717) is 0 Å². The molecule has 1 fully saturated rings. The number of unbranched alkanes of at least 4 members (excludes halogenated alkanes) is 1. The fourth-order valence-electron chi connectivity index (χ4n) is 1.99. The van der Waals surface area contributed by atoms with Gasteiger partial charge in [0.25, 0.3) is 0 Å². The molecule has 0 aliphatic heterocycles. The maximum absolute atomic E-state index is 3.55. The molecule has 1 aliphatic carbocycles. The molecule has 96 valence electrons. The predicted molar refractivity (Wildman–Crippen MR) is 71.8 cm³/mol. The first-order valence-corrected chi connectivity index (χ1v) is 7.18. The first kappa shape index (κ1) is 14.0. The summed E-state index contributed by atoms with van der Waals surface area (Å²) in [7, 11) is 0. The number of rotatable bonds is 10. The van der Waals surface area contributed by atoms with Crippen molar-refractivity contribution >= 4 is 0 Å². The molecule has 0 aromatic rings. The van der Waals surface area contributed by atoms with Crippen LogP contribution in [-0.2, 0) is 0 Å². The zero-order valence-corrected chi connectivity index (χ0v) is 11.5. The van der Waals surface area contributed by atoms with Crippen LogP contribution in [-0.4, -0.2) is 37.1 Å². The van der Waals surface area contributed by atoms with Crippen molar-refractivity contribution in [3.05, 3.63) is 0 Å². The summed E-state index contributed by atoms with van der Waals surface area (Å²) in [6.45, 7) is 11.8. The van der Waals surface area contributed by atoms with Crippen LogP contribution in [0.4, 0.5) is 0 Å². The van der Waals surface area contributed by atoms with Gasteiger partial charge in [-0.2, -0.15) is 0 Å². The Kier molecular flexibility index (Phi) is 7.06. The molecule has 16 heavy (non-hydrogen) atoms. The number of nitrogens with one attached hydrogen (secondary N) is 1. The van der Waals surface area contributed by atoms with Crippen molar-refractivity contribution in [3.8, 4) is 0 Å². The van der Waals surface area contributed by atoms with Crippen molar-refractivity contribution < 1.29 is 0 Å². The molecule has 0 heterocycles. The molecular weight excluding hydrogens is 196 g/mol. The molecule has 0 bridgehead atoms. The second-order valence-corrected chi connectivity index (χ2v) is 5.55. The largest absolute Gasteiger partial charge is 0.315 e. The Morgan fingerprint density at radius 2 is 1.94 bits per heavy atom. The second kappa shape index (κ2) is 8.08. The molecule has 0 atom stereocenters. The van der Waals surface area contributed by atoms with Crippen LogP contribution in [0.25, 0.3) is 0 Å². The van der Waals surface area contributed by atoms with Gasteiger partial charge in [0.15, 0.2) is 0 Å². The van der Waals surface area contributed by atoms with Crippen LogP contribution in [0.2, 0.25) is 0 Å². The van der Waals surface area contributed by atoms with Crippen molar-refractivity contribution in [2.75, 3.05) is 26.2 Å². The van der Waals surface area contributed by atoms with Crippen LogP contribution in [0.3, 0.4) is 0 Å². The van der Waals surface area contributed by atoms with Gasteiger partial charge in [-0.3, -0.25) is 4.90 Å². The van der Waals surface area contributed by atoms with E-state index in [2.05, 4.69) is 31.0 Å². The molecule has 0 amide bonds. The van der Waals surface area contributed by atoms with Crippen molar-refractivity contribution in [2.24, 2.45) is 5.92 Å². The van der Waals surface area contributed by atoms with Gasteiger partial charge in [-0.25, -0.2) is 0 Å². The van der Waals surface area contributed by atoms with Gasteiger partial charge in [0.2, 0.25) is 0 Å². The molecule has 1 N–H and O–H groups in total. The normalized spacial score (nSPS) is 16.3. The van der Waals surface area contributed by atoms with E-state index in [9.17, 15) is 0 Å². The minimum absolute atomic E-state index is 0.842. The molecule has 0 saturated heterocycles. The van der Waals surface area contributed by atoms with Gasteiger partial charge < -0.3 is 5.32 Å². The topological polar surface area (TPSA) is 15.3 Å². The van der Waals surface area contributed by atoms with Gasteiger partial charge in [-0.1, -0.05) is 27.2 Å².